The quantitative estimate of drug-likeness (QED) is 0.771. The van der Waals surface area contributed by atoms with Gasteiger partial charge in [0, 0.05) is 49.4 Å². The molecule has 1 aromatic heterocycles. The summed E-state index contributed by atoms with van der Waals surface area (Å²) < 4.78 is 1.38. The smallest absolute Gasteiger partial charge is 0.255 e. The molecule has 0 saturated carbocycles. The average Bonchev–Trinajstić information content (AvgIpc) is 3.10. The molecule has 0 aliphatic carbocycles. The third-order valence-corrected chi connectivity index (χ3v) is 6.72. The van der Waals surface area contributed by atoms with E-state index in [0.717, 1.165) is 5.56 Å². The topological polar surface area (TPSA) is 71.4 Å². The van der Waals surface area contributed by atoms with Crippen molar-refractivity contribution in [2.24, 2.45) is 13.0 Å². The largest absolute Gasteiger partial charge is 0.338 e. The third kappa shape index (κ3) is 2.83. The van der Waals surface area contributed by atoms with E-state index in [1.807, 2.05) is 6.92 Å². The number of nitrogens with one attached hydrogen (secondary N) is 1. The molecule has 8 heteroatoms. The zero-order chi connectivity index (χ0) is 20.2. The Hall–Kier alpha value is -2.31. The van der Waals surface area contributed by atoms with Gasteiger partial charge in [-0.15, -0.1) is 0 Å². The Labute approximate surface area is 172 Å². The fraction of sp³-hybridized carbons (Fsp3) is 0.350. The highest BCUT2D eigenvalue weighted by atomic mass is 35.5. The molecule has 6 nitrogen and oxygen atoms in total. The van der Waals surface area contributed by atoms with Crippen LogP contribution in [0.25, 0.3) is 0 Å². The van der Waals surface area contributed by atoms with Gasteiger partial charge in [-0.05, 0) is 30.2 Å². The molecule has 2 atom stereocenters. The Kier molecular flexibility index (Phi) is 4.51. The number of likely N-dealkylation sites (tertiary alicyclic amines) is 1. The van der Waals surface area contributed by atoms with Gasteiger partial charge >= 0.3 is 0 Å². The van der Waals surface area contributed by atoms with E-state index in [1.165, 1.54) is 22.9 Å². The molecule has 2 aliphatic heterocycles. The summed E-state index contributed by atoms with van der Waals surface area (Å²) in [5, 5.41) is 3.69. The molecule has 1 aromatic carbocycles. The van der Waals surface area contributed by atoms with E-state index >= 15 is 0 Å². The summed E-state index contributed by atoms with van der Waals surface area (Å²) in [6, 6.07) is 6.39. The van der Waals surface area contributed by atoms with E-state index in [9.17, 15) is 14.4 Å². The van der Waals surface area contributed by atoms with Gasteiger partial charge in [0.25, 0.3) is 5.91 Å². The number of hydrogen-bond acceptors (Lipinski definition) is 3. The summed E-state index contributed by atoms with van der Waals surface area (Å²) in [5.41, 5.74) is 1.30. The molecule has 2 aliphatic rings. The Morgan fingerprint density at radius 2 is 1.93 bits per heavy atom. The minimum Gasteiger partial charge on any atom is -0.338 e. The standard InChI is InChI=1S/C20H19Cl2N3O3/c1-11-18(27)23-16-8-15(22)14(21)7-13(16)20(11)5-6-25(10-20)19(28)12-3-4-17(26)24(2)9-12/h3-4,7-9,11H,5-6,10H2,1-2H3,(H,23,27)/t11?,20-/m0/s1. The molecule has 2 aromatic rings. The lowest BCUT2D eigenvalue weighted by Gasteiger charge is -2.40. The maximum absolute atomic E-state index is 13.0. The van der Waals surface area contributed by atoms with Crippen LogP contribution in [-0.4, -0.2) is 34.4 Å². The molecule has 0 bridgehead atoms. The van der Waals surface area contributed by atoms with Crippen LogP contribution in [0.5, 0.6) is 0 Å². The molecular weight excluding hydrogens is 401 g/mol. The number of benzene rings is 1. The molecule has 28 heavy (non-hydrogen) atoms. The summed E-state index contributed by atoms with van der Waals surface area (Å²) in [6.07, 6.45) is 2.18. The fourth-order valence-electron chi connectivity index (χ4n) is 4.27. The van der Waals surface area contributed by atoms with Crippen LogP contribution in [0.1, 0.15) is 29.3 Å². The van der Waals surface area contributed by atoms with E-state index in [-0.39, 0.29) is 23.3 Å². The SMILES string of the molecule is CC1C(=O)Nc2cc(Cl)c(Cl)cc2[C@]12CCN(C(=O)c1ccc(=O)n(C)c1)C2. The number of fused-ring (bicyclic) bond motifs is 2. The van der Waals surface area contributed by atoms with Crippen molar-refractivity contribution in [2.75, 3.05) is 18.4 Å². The summed E-state index contributed by atoms with van der Waals surface area (Å²) in [7, 11) is 1.61. The number of rotatable bonds is 1. The Balaban J connectivity index is 1.72. The second-order valence-electron chi connectivity index (χ2n) is 7.52. The van der Waals surface area contributed by atoms with Gasteiger partial charge in [0.05, 0.1) is 15.6 Å². The first-order chi connectivity index (χ1) is 13.2. The highest BCUT2D eigenvalue weighted by molar-refractivity contribution is 6.42. The maximum atomic E-state index is 13.0. The molecule has 1 saturated heterocycles. The molecule has 1 unspecified atom stereocenters. The maximum Gasteiger partial charge on any atom is 0.255 e. The van der Waals surface area contributed by atoms with Crippen LogP contribution in [0.3, 0.4) is 0 Å². The third-order valence-electron chi connectivity index (χ3n) is 6.00. The lowest BCUT2D eigenvalue weighted by atomic mass is 9.67. The van der Waals surface area contributed by atoms with Crippen molar-refractivity contribution < 1.29 is 9.59 Å². The van der Waals surface area contributed by atoms with Gasteiger partial charge in [0.1, 0.15) is 0 Å². The first-order valence-electron chi connectivity index (χ1n) is 8.99. The highest BCUT2D eigenvalue weighted by Crippen LogP contribution is 2.49. The Morgan fingerprint density at radius 3 is 2.64 bits per heavy atom. The molecule has 1 spiro atoms. The van der Waals surface area contributed by atoms with Gasteiger partial charge in [-0.2, -0.15) is 0 Å². The lowest BCUT2D eigenvalue weighted by molar-refractivity contribution is -0.121. The van der Waals surface area contributed by atoms with Gasteiger partial charge in [-0.25, -0.2) is 0 Å². The number of pyridine rings is 1. The second-order valence-corrected chi connectivity index (χ2v) is 8.34. The Morgan fingerprint density at radius 1 is 1.21 bits per heavy atom. The van der Waals surface area contributed by atoms with Crippen molar-refractivity contribution in [3.63, 3.8) is 0 Å². The monoisotopic (exact) mass is 419 g/mol. The van der Waals surface area contributed by atoms with Crippen LogP contribution in [0.4, 0.5) is 5.69 Å². The van der Waals surface area contributed by atoms with Gasteiger partial charge < -0.3 is 14.8 Å². The first-order valence-corrected chi connectivity index (χ1v) is 9.75. The first kappa shape index (κ1) is 19.0. The van der Waals surface area contributed by atoms with Gasteiger partial charge in [0.15, 0.2) is 0 Å². The number of hydrogen-bond donors (Lipinski definition) is 1. The molecule has 1 N–H and O–H groups in total. The van der Waals surface area contributed by atoms with Crippen LogP contribution in [-0.2, 0) is 17.3 Å². The van der Waals surface area contributed by atoms with Crippen LogP contribution in [0.2, 0.25) is 10.0 Å². The van der Waals surface area contributed by atoms with E-state index in [0.29, 0.717) is 40.8 Å². The van der Waals surface area contributed by atoms with Crippen molar-refractivity contribution in [1.29, 1.82) is 0 Å². The molecule has 1 fully saturated rings. The van der Waals surface area contributed by atoms with Crippen molar-refractivity contribution in [3.05, 3.63) is 62.0 Å². The molecule has 4 rings (SSSR count). The van der Waals surface area contributed by atoms with E-state index in [2.05, 4.69) is 5.32 Å². The zero-order valence-corrected chi connectivity index (χ0v) is 17.0. The molecular formula is C20H19Cl2N3O3. The van der Waals surface area contributed by atoms with Gasteiger partial charge in [-0.1, -0.05) is 30.1 Å². The van der Waals surface area contributed by atoms with E-state index < -0.39 is 5.41 Å². The lowest BCUT2D eigenvalue weighted by Crippen LogP contribution is -2.47. The van der Waals surface area contributed by atoms with E-state index in [4.69, 9.17) is 23.2 Å². The number of amides is 2. The van der Waals surface area contributed by atoms with Gasteiger partial charge in [0.2, 0.25) is 11.5 Å². The zero-order valence-electron chi connectivity index (χ0n) is 15.5. The number of carbonyl (C=O) groups is 2. The molecule has 3 heterocycles. The summed E-state index contributed by atoms with van der Waals surface area (Å²) in [5.74, 6) is -0.579. The summed E-state index contributed by atoms with van der Waals surface area (Å²) in [4.78, 5) is 39.0. The summed E-state index contributed by atoms with van der Waals surface area (Å²) in [6.45, 7) is 2.79. The number of halogens is 2. The van der Waals surface area contributed by atoms with Crippen molar-refractivity contribution in [1.82, 2.24) is 9.47 Å². The van der Waals surface area contributed by atoms with Crippen molar-refractivity contribution in [2.45, 2.75) is 18.8 Å². The average molecular weight is 420 g/mol. The minimum atomic E-state index is -0.526. The van der Waals surface area contributed by atoms with Crippen LogP contribution >= 0.6 is 23.2 Å². The number of aryl methyl sites for hydroxylation is 1. The van der Waals surface area contributed by atoms with Crippen LogP contribution in [0.15, 0.2) is 35.3 Å². The van der Waals surface area contributed by atoms with Crippen molar-refractivity contribution >= 4 is 40.7 Å². The molecule has 0 radical (unpaired) electrons. The predicted molar refractivity (Wildman–Crippen MR) is 108 cm³/mol. The predicted octanol–water partition coefficient (Wildman–Crippen LogP) is 3.06. The Bertz CT molecular complexity index is 1070. The van der Waals surface area contributed by atoms with Crippen LogP contribution < -0.4 is 10.9 Å². The normalized spacial score (nSPS) is 23.6. The minimum absolute atomic E-state index is 0.0951. The van der Waals surface area contributed by atoms with E-state index in [1.54, 1.807) is 24.1 Å². The highest BCUT2D eigenvalue weighted by Gasteiger charge is 2.51. The molecule has 2 amide bonds. The van der Waals surface area contributed by atoms with Crippen molar-refractivity contribution in [3.8, 4) is 0 Å². The fourth-order valence-corrected chi connectivity index (χ4v) is 4.60. The second kappa shape index (κ2) is 6.64. The number of carbonyl (C=O) groups excluding carboxylic acids is 2. The number of anilines is 1. The van der Waals surface area contributed by atoms with Gasteiger partial charge in [-0.3, -0.25) is 14.4 Å². The van der Waals surface area contributed by atoms with Crippen LogP contribution in [0, 0.1) is 5.92 Å². The summed E-state index contributed by atoms with van der Waals surface area (Å²) >= 11 is 12.4. The molecule has 146 valence electrons. The number of aromatic nitrogens is 1. The number of nitrogens with zero attached hydrogens (tertiary/aromatic N) is 2.